The van der Waals surface area contributed by atoms with Crippen molar-refractivity contribution < 1.29 is 9.53 Å². The van der Waals surface area contributed by atoms with Crippen molar-refractivity contribution in [3.8, 4) is 5.75 Å². The Morgan fingerprint density at radius 1 is 1.21 bits per heavy atom. The molecular formula is C18H19IN2O2S. The highest BCUT2D eigenvalue weighted by molar-refractivity contribution is 14.1. The van der Waals surface area contributed by atoms with Gasteiger partial charge in [-0.25, -0.2) is 0 Å². The highest BCUT2D eigenvalue weighted by Crippen LogP contribution is 2.16. The number of hydrogen-bond donors (Lipinski definition) is 2. The lowest BCUT2D eigenvalue weighted by Crippen LogP contribution is -2.34. The Morgan fingerprint density at radius 2 is 1.92 bits per heavy atom. The van der Waals surface area contributed by atoms with Crippen LogP contribution in [0.2, 0.25) is 0 Å². The van der Waals surface area contributed by atoms with E-state index in [4.69, 9.17) is 17.0 Å². The van der Waals surface area contributed by atoms with Crippen molar-refractivity contribution >= 4 is 51.5 Å². The maximum atomic E-state index is 12.1. The van der Waals surface area contributed by atoms with Crippen molar-refractivity contribution in [1.29, 1.82) is 0 Å². The molecule has 1 amide bonds. The molecule has 0 aliphatic rings. The molecule has 0 aromatic heterocycles. The average Bonchev–Trinajstić information content (AvgIpc) is 2.54. The van der Waals surface area contributed by atoms with Crippen molar-refractivity contribution in [2.24, 2.45) is 5.92 Å². The number of nitrogens with one attached hydrogen (secondary N) is 2. The Balaban J connectivity index is 1.89. The van der Waals surface area contributed by atoms with Gasteiger partial charge < -0.3 is 10.1 Å². The van der Waals surface area contributed by atoms with Crippen LogP contribution in [0.25, 0.3) is 0 Å². The highest BCUT2D eigenvalue weighted by atomic mass is 127. The molecule has 0 heterocycles. The van der Waals surface area contributed by atoms with Crippen molar-refractivity contribution in [1.82, 2.24) is 5.32 Å². The number of benzene rings is 2. The second-order valence-electron chi connectivity index (χ2n) is 5.65. The van der Waals surface area contributed by atoms with Crippen molar-refractivity contribution in [2.75, 3.05) is 11.9 Å². The molecular weight excluding hydrogens is 435 g/mol. The minimum atomic E-state index is -0.233. The molecule has 2 rings (SSSR count). The van der Waals surface area contributed by atoms with Gasteiger partial charge >= 0.3 is 0 Å². The maximum Gasteiger partial charge on any atom is 0.257 e. The van der Waals surface area contributed by atoms with Gasteiger partial charge in [-0.05, 0) is 83.2 Å². The van der Waals surface area contributed by atoms with E-state index in [1.54, 1.807) is 12.1 Å². The van der Waals surface area contributed by atoms with Gasteiger partial charge in [-0.3, -0.25) is 10.1 Å². The van der Waals surface area contributed by atoms with Crippen LogP contribution in [-0.2, 0) is 0 Å². The molecule has 4 nitrogen and oxygen atoms in total. The van der Waals surface area contributed by atoms with E-state index in [0.717, 1.165) is 15.0 Å². The standard InChI is InChI=1S/C18H19IN2O2S/c1-12(2)11-23-16-8-6-15(7-9-16)20-18(24)21-17(22)13-4-3-5-14(19)10-13/h3-10,12H,11H2,1-2H3,(H2,20,21,22,24). The summed E-state index contributed by atoms with van der Waals surface area (Å²) in [5, 5.41) is 5.92. The molecule has 0 atom stereocenters. The van der Waals surface area contributed by atoms with Crippen molar-refractivity contribution in [3.63, 3.8) is 0 Å². The minimum absolute atomic E-state index is 0.233. The van der Waals surface area contributed by atoms with E-state index in [1.807, 2.05) is 36.4 Å². The molecule has 126 valence electrons. The topological polar surface area (TPSA) is 50.4 Å². The fourth-order valence-electron chi connectivity index (χ4n) is 1.86. The third-order valence-corrected chi connectivity index (χ3v) is 3.88. The SMILES string of the molecule is CC(C)COc1ccc(NC(=S)NC(=O)c2cccc(I)c2)cc1. The summed E-state index contributed by atoms with van der Waals surface area (Å²) >= 11 is 7.35. The number of ether oxygens (including phenoxy) is 1. The summed E-state index contributed by atoms with van der Waals surface area (Å²) in [6.45, 7) is 4.88. The van der Waals surface area contributed by atoms with Gasteiger partial charge in [0.2, 0.25) is 0 Å². The summed E-state index contributed by atoms with van der Waals surface area (Å²) in [7, 11) is 0. The minimum Gasteiger partial charge on any atom is -0.493 e. The zero-order chi connectivity index (χ0) is 17.5. The first-order valence-electron chi connectivity index (χ1n) is 7.55. The van der Waals surface area contributed by atoms with Crippen LogP contribution in [0, 0.1) is 9.49 Å². The van der Waals surface area contributed by atoms with Crippen molar-refractivity contribution in [3.05, 3.63) is 57.7 Å². The molecule has 6 heteroatoms. The summed E-state index contributed by atoms with van der Waals surface area (Å²) in [4.78, 5) is 12.1. The smallest absolute Gasteiger partial charge is 0.257 e. The Bertz CT molecular complexity index is 717. The number of carbonyl (C=O) groups excluding carboxylic acids is 1. The Labute approximate surface area is 161 Å². The number of thiocarbonyl (C=S) groups is 1. The first kappa shape index (κ1) is 18.7. The summed E-state index contributed by atoms with van der Waals surface area (Å²) in [5.74, 6) is 1.05. The molecule has 2 aromatic carbocycles. The van der Waals surface area contributed by atoms with Crippen LogP contribution >= 0.6 is 34.8 Å². The number of anilines is 1. The van der Waals surface area contributed by atoms with Gasteiger partial charge in [-0.15, -0.1) is 0 Å². The number of amides is 1. The largest absolute Gasteiger partial charge is 0.493 e. The molecule has 24 heavy (non-hydrogen) atoms. The van der Waals surface area contributed by atoms with E-state index < -0.39 is 0 Å². The normalized spacial score (nSPS) is 10.3. The summed E-state index contributed by atoms with van der Waals surface area (Å²) in [5.41, 5.74) is 1.36. The van der Waals surface area contributed by atoms with Crippen LogP contribution in [0.1, 0.15) is 24.2 Å². The van der Waals surface area contributed by atoms with Crippen LogP contribution in [0.3, 0.4) is 0 Å². The number of halogens is 1. The average molecular weight is 454 g/mol. The van der Waals surface area contributed by atoms with Crippen LogP contribution in [0.15, 0.2) is 48.5 Å². The van der Waals surface area contributed by atoms with Gasteiger partial charge in [-0.1, -0.05) is 19.9 Å². The lowest BCUT2D eigenvalue weighted by atomic mass is 10.2. The maximum absolute atomic E-state index is 12.1. The molecule has 0 unspecified atom stereocenters. The van der Waals surface area contributed by atoms with Gasteiger partial charge in [0, 0.05) is 14.8 Å². The Kier molecular flexibility index (Phi) is 6.99. The lowest BCUT2D eigenvalue weighted by Gasteiger charge is -2.11. The molecule has 0 saturated heterocycles. The zero-order valence-electron chi connectivity index (χ0n) is 13.5. The second-order valence-corrected chi connectivity index (χ2v) is 7.30. The van der Waals surface area contributed by atoms with E-state index >= 15 is 0 Å². The fraction of sp³-hybridized carbons (Fsp3) is 0.222. The van der Waals surface area contributed by atoms with Gasteiger partial charge in [0.05, 0.1) is 6.61 Å². The number of carbonyl (C=O) groups is 1. The quantitative estimate of drug-likeness (QED) is 0.518. The predicted molar refractivity (Wildman–Crippen MR) is 110 cm³/mol. The van der Waals surface area contributed by atoms with Crippen molar-refractivity contribution in [2.45, 2.75) is 13.8 Å². The van der Waals surface area contributed by atoms with Gasteiger partial charge in [0.15, 0.2) is 5.11 Å². The Morgan fingerprint density at radius 3 is 2.54 bits per heavy atom. The lowest BCUT2D eigenvalue weighted by molar-refractivity contribution is 0.0977. The predicted octanol–water partition coefficient (Wildman–Crippen LogP) is 4.45. The third kappa shape index (κ3) is 6.09. The van der Waals surface area contributed by atoms with E-state index in [9.17, 15) is 4.79 Å². The summed E-state index contributed by atoms with van der Waals surface area (Å²) in [6.07, 6.45) is 0. The Hall–Kier alpha value is -1.67. The van der Waals surface area contributed by atoms with Gasteiger partial charge in [-0.2, -0.15) is 0 Å². The van der Waals surface area contributed by atoms with Crippen LogP contribution in [-0.4, -0.2) is 17.6 Å². The first-order chi connectivity index (χ1) is 11.4. The molecule has 0 aliphatic heterocycles. The van der Waals surface area contributed by atoms with Crippen LogP contribution in [0.5, 0.6) is 5.75 Å². The third-order valence-electron chi connectivity index (χ3n) is 3.01. The fourth-order valence-corrected chi connectivity index (χ4v) is 2.62. The molecule has 0 radical (unpaired) electrons. The number of rotatable bonds is 5. The van der Waals surface area contributed by atoms with Crippen LogP contribution < -0.4 is 15.4 Å². The molecule has 0 aliphatic carbocycles. The molecule has 2 N–H and O–H groups in total. The second kappa shape index (κ2) is 8.98. The van der Waals surface area contributed by atoms with E-state index in [1.165, 1.54) is 0 Å². The molecule has 0 bridgehead atoms. The van der Waals surface area contributed by atoms with Gasteiger partial charge in [0.1, 0.15) is 5.75 Å². The monoisotopic (exact) mass is 454 g/mol. The summed E-state index contributed by atoms with van der Waals surface area (Å²) < 4.78 is 6.63. The van der Waals surface area contributed by atoms with Crippen LogP contribution in [0.4, 0.5) is 5.69 Å². The molecule has 0 spiro atoms. The number of hydrogen-bond acceptors (Lipinski definition) is 3. The molecule has 2 aromatic rings. The van der Waals surface area contributed by atoms with E-state index in [2.05, 4.69) is 47.1 Å². The molecule has 0 fully saturated rings. The van der Waals surface area contributed by atoms with E-state index in [-0.39, 0.29) is 11.0 Å². The van der Waals surface area contributed by atoms with Gasteiger partial charge in [0.25, 0.3) is 5.91 Å². The first-order valence-corrected chi connectivity index (χ1v) is 9.03. The summed E-state index contributed by atoms with van der Waals surface area (Å²) in [6, 6.07) is 14.8. The highest BCUT2D eigenvalue weighted by Gasteiger charge is 2.08. The van der Waals surface area contributed by atoms with E-state index in [0.29, 0.717) is 18.1 Å². The molecule has 0 saturated carbocycles. The zero-order valence-corrected chi connectivity index (χ0v) is 16.5.